The number of aromatic nitrogens is 3. The van der Waals surface area contributed by atoms with Crippen molar-refractivity contribution in [3.63, 3.8) is 0 Å². The summed E-state index contributed by atoms with van der Waals surface area (Å²) in [6.45, 7) is 3.04. The smallest absolute Gasteiger partial charge is 0.347 e. The second-order valence-electron chi connectivity index (χ2n) is 6.00. The van der Waals surface area contributed by atoms with Gasteiger partial charge in [-0.1, -0.05) is 42.2 Å². The van der Waals surface area contributed by atoms with Gasteiger partial charge in [0.25, 0.3) is 0 Å². The molecule has 28 heavy (non-hydrogen) atoms. The lowest BCUT2D eigenvalue weighted by Gasteiger charge is -2.24. The number of aliphatic carboxylic acids is 1. The zero-order valence-corrected chi connectivity index (χ0v) is 16.4. The van der Waals surface area contributed by atoms with Gasteiger partial charge in [0.2, 0.25) is 11.5 Å². The van der Waals surface area contributed by atoms with Crippen molar-refractivity contribution >= 4 is 39.4 Å². The van der Waals surface area contributed by atoms with E-state index in [1.54, 1.807) is 6.92 Å². The maximum Gasteiger partial charge on any atom is 0.347 e. The van der Waals surface area contributed by atoms with Gasteiger partial charge in [-0.15, -0.1) is 0 Å². The van der Waals surface area contributed by atoms with Gasteiger partial charge in [-0.05, 0) is 19.4 Å². The number of hydrogen-bond acceptors (Lipinski definition) is 7. The number of nitrogens with zero attached hydrogens (tertiary/aromatic N) is 2. The average Bonchev–Trinajstić information content (AvgIpc) is 3.03. The fourth-order valence-corrected chi connectivity index (χ4v) is 3.73. The molecule has 0 aliphatic heterocycles. The van der Waals surface area contributed by atoms with Crippen LogP contribution in [0.15, 0.2) is 28.2 Å². The molecule has 0 unspecified atom stereocenters. The first kappa shape index (κ1) is 20.2. The highest BCUT2D eigenvalue weighted by Gasteiger charge is 2.35. The fraction of sp³-hybridized carbons (Fsp3) is 0.294. The average molecular weight is 427 g/mol. The molecule has 3 aromatic rings. The molecular weight excluding hydrogens is 412 g/mol. The molecule has 0 fully saturated rings. The van der Waals surface area contributed by atoms with Crippen molar-refractivity contribution in [2.24, 2.45) is 0 Å². The minimum Gasteiger partial charge on any atom is -0.478 e. The number of carboxylic acids is 1. The number of carbonyl (C=O) groups is 1. The van der Waals surface area contributed by atoms with Crippen molar-refractivity contribution in [3.05, 3.63) is 45.1 Å². The van der Waals surface area contributed by atoms with Crippen LogP contribution in [0.3, 0.4) is 0 Å². The Morgan fingerprint density at radius 3 is 2.82 bits per heavy atom. The van der Waals surface area contributed by atoms with Crippen molar-refractivity contribution < 1.29 is 23.4 Å². The molecule has 2 N–H and O–H groups in total. The van der Waals surface area contributed by atoms with Gasteiger partial charge in [-0.3, -0.25) is 9.78 Å². The van der Waals surface area contributed by atoms with Crippen LogP contribution in [-0.2, 0) is 10.5 Å². The number of benzene rings is 1. The second-order valence-corrected chi connectivity index (χ2v) is 7.92. The molecule has 0 amide bonds. The Kier molecular flexibility index (Phi) is 5.66. The number of carboxylic acid groups (broad SMARTS) is 1. The molecule has 0 saturated carbocycles. The highest BCUT2D eigenvalue weighted by molar-refractivity contribution is 7.98. The lowest BCUT2D eigenvalue weighted by Crippen LogP contribution is -2.41. The molecule has 11 heteroatoms. The van der Waals surface area contributed by atoms with Crippen LogP contribution >= 0.6 is 23.1 Å². The minimum absolute atomic E-state index is 0.0346. The molecule has 148 valence electrons. The third-order valence-corrected chi connectivity index (χ3v) is 5.82. The number of fused-ring (bicyclic) bond motifs is 1. The van der Waals surface area contributed by atoms with Gasteiger partial charge in [0, 0.05) is 11.3 Å². The summed E-state index contributed by atoms with van der Waals surface area (Å²) in [5.41, 5.74) is -1.24. The van der Waals surface area contributed by atoms with Crippen molar-refractivity contribution in [2.75, 3.05) is 0 Å². The Morgan fingerprint density at radius 2 is 2.14 bits per heavy atom. The van der Waals surface area contributed by atoms with Gasteiger partial charge in [0.15, 0.2) is 22.4 Å². The van der Waals surface area contributed by atoms with Gasteiger partial charge >= 0.3 is 10.8 Å². The van der Waals surface area contributed by atoms with E-state index < -0.39 is 28.1 Å². The summed E-state index contributed by atoms with van der Waals surface area (Å²) in [6, 6.07) is 3.85. The quantitative estimate of drug-likeness (QED) is 0.439. The van der Waals surface area contributed by atoms with E-state index in [1.807, 2.05) is 0 Å². The topological polar surface area (TPSA) is 105 Å². The molecule has 7 nitrogen and oxygen atoms in total. The summed E-state index contributed by atoms with van der Waals surface area (Å²) in [5, 5.41) is 9.56. The first-order chi connectivity index (χ1) is 13.2. The van der Waals surface area contributed by atoms with E-state index in [0.29, 0.717) is 0 Å². The number of thioether (sulfide) groups is 1. The molecule has 0 saturated heterocycles. The lowest BCUT2D eigenvalue weighted by molar-refractivity contribution is -0.154. The minimum atomic E-state index is -1.55. The third-order valence-electron chi connectivity index (χ3n) is 4.07. The van der Waals surface area contributed by atoms with Crippen LogP contribution in [0, 0.1) is 11.6 Å². The van der Waals surface area contributed by atoms with E-state index in [4.69, 9.17) is 4.74 Å². The van der Waals surface area contributed by atoms with Crippen LogP contribution in [0.5, 0.6) is 5.88 Å². The number of rotatable bonds is 7. The van der Waals surface area contributed by atoms with E-state index in [-0.39, 0.29) is 39.1 Å². The summed E-state index contributed by atoms with van der Waals surface area (Å²) in [5.74, 6) is -3.11. The Balaban J connectivity index is 1.96. The number of aromatic amines is 1. The maximum absolute atomic E-state index is 13.8. The number of halogens is 2. The van der Waals surface area contributed by atoms with Crippen LogP contribution in [0.1, 0.15) is 25.8 Å². The van der Waals surface area contributed by atoms with Crippen LogP contribution in [0.2, 0.25) is 0 Å². The number of hydrogen-bond donors (Lipinski definition) is 2. The highest BCUT2D eigenvalue weighted by Crippen LogP contribution is 2.32. The number of H-pyrrole nitrogens is 1. The Bertz CT molecular complexity index is 1100. The molecule has 3 rings (SSSR count). The number of ether oxygens (including phenoxy) is 1. The van der Waals surface area contributed by atoms with E-state index >= 15 is 0 Å². The molecule has 0 bridgehead atoms. The molecule has 0 spiro atoms. The first-order valence-corrected chi connectivity index (χ1v) is 9.92. The molecule has 0 aliphatic carbocycles. The predicted octanol–water partition coefficient (Wildman–Crippen LogP) is 3.58. The largest absolute Gasteiger partial charge is 0.478 e. The predicted molar refractivity (Wildman–Crippen MR) is 101 cm³/mol. The number of thiazole rings is 1. The molecule has 0 aliphatic rings. The Hall–Kier alpha value is -2.53. The van der Waals surface area contributed by atoms with Crippen LogP contribution in [0.25, 0.3) is 10.3 Å². The van der Waals surface area contributed by atoms with Crippen molar-refractivity contribution in [3.8, 4) is 5.88 Å². The van der Waals surface area contributed by atoms with Crippen LogP contribution < -0.4 is 9.61 Å². The highest BCUT2D eigenvalue weighted by atomic mass is 32.2. The second kappa shape index (κ2) is 7.84. The standard InChI is InChI=1S/C17H15F2N3O4S2/c1-3-17(2,14(23)24)26-13-11-12(21-16(25)28-11)20-15(22-13)27-7-8-5-4-6-9(18)10(8)19/h4-6H,3,7H2,1-2H3,(H,23,24)(H,20,21,22,25)/t17-/m1/s1. The lowest BCUT2D eigenvalue weighted by atomic mass is 10.0. The Morgan fingerprint density at radius 1 is 1.39 bits per heavy atom. The van der Waals surface area contributed by atoms with E-state index in [0.717, 1.165) is 29.2 Å². The maximum atomic E-state index is 13.8. The van der Waals surface area contributed by atoms with Crippen molar-refractivity contribution in [2.45, 2.75) is 36.8 Å². The summed E-state index contributed by atoms with van der Waals surface area (Å²) >= 11 is 1.80. The van der Waals surface area contributed by atoms with Gasteiger partial charge < -0.3 is 9.84 Å². The Labute approximate surface area is 165 Å². The summed E-state index contributed by atoms with van der Waals surface area (Å²) in [6.07, 6.45) is 0.157. The zero-order valence-electron chi connectivity index (χ0n) is 14.8. The van der Waals surface area contributed by atoms with E-state index in [1.165, 1.54) is 19.1 Å². The summed E-state index contributed by atoms with van der Waals surface area (Å²) < 4.78 is 33.1. The molecular formula is C17H15F2N3O4S2. The molecule has 2 aromatic heterocycles. The monoisotopic (exact) mass is 427 g/mol. The van der Waals surface area contributed by atoms with Gasteiger partial charge in [-0.2, -0.15) is 4.98 Å². The zero-order chi connectivity index (χ0) is 20.5. The SMILES string of the molecule is CC[C@@](C)(Oc1nc(SCc2cccc(F)c2F)nc2[nH]c(=O)sc12)C(=O)O. The van der Waals surface area contributed by atoms with Gasteiger partial charge in [0.05, 0.1) is 0 Å². The molecule has 1 aromatic carbocycles. The molecule has 0 radical (unpaired) electrons. The fourth-order valence-electron chi connectivity index (χ4n) is 2.22. The van der Waals surface area contributed by atoms with Crippen molar-refractivity contribution in [1.82, 2.24) is 15.0 Å². The van der Waals surface area contributed by atoms with Gasteiger partial charge in [-0.25, -0.2) is 18.6 Å². The van der Waals surface area contributed by atoms with E-state index in [9.17, 15) is 23.5 Å². The normalized spacial score (nSPS) is 13.4. The molecule has 1 atom stereocenters. The van der Waals surface area contributed by atoms with Crippen LogP contribution in [-0.4, -0.2) is 31.6 Å². The molecule has 2 heterocycles. The van der Waals surface area contributed by atoms with E-state index in [2.05, 4.69) is 15.0 Å². The van der Waals surface area contributed by atoms with Gasteiger partial charge in [0.1, 0.15) is 4.70 Å². The van der Waals surface area contributed by atoms with Crippen molar-refractivity contribution in [1.29, 1.82) is 0 Å². The first-order valence-electron chi connectivity index (χ1n) is 8.12. The third kappa shape index (κ3) is 3.99. The summed E-state index contributed by atoms with van der Waals surface area (Å²) in [4.78, 5) is 33.8. The summed E-state index contributed by atoms with van der Waals surface area (Å²) in [7, 11) is 0. The number of nitrogens with one attached hydrogen (secondary N) is 1. The van der Waals surface area contributed by atoms with Crippen LogP contribution in [0.4, 0.5) is 8.78 Å².